The minimum atomic E-state index is -0.642. The smallest absolute Gasteiger partial charge is 0.345 e. The van der Waals surface area contributed by atoms with Crippen LogP contribution in [0.4, 0.5) is 0 Å². The zero-order valence-electron chi connectivity index (χ0n) is 12.4. The van der Waals surface area contributed by atoms with Crippen molar-refractivity contribution < 1.29 is 14.3 Å². The molecule has 0 saturated carbocycles. The Kier molecular flexibility index (Phi) is 4.72. The van der Waals surface area contributed by atoms with Crippen LogP contribution in [-0.2, 0) is 16.3 Å². The average molecular weight is 346 g/mol. The predicted molar refractivity (Wildman–Crippen MR) is 86.8 cm³/mol. The number of esters is 1. The van der Waals surface area contributed by atoms with Crippen molar-refractivity contribution >= 4 is 28.5 Å². The van der Waals surface area contributed by atoms with Gasteiger partial charge in [0.2, 0.25) is 0 Å². The van der Waals surface area contributed by atoms with Crippen molar-refractivity contribution in [3.05, 3.63) is 63.9 Å². The Hall–Kier alpha value is -2.93. The van der Waals surface area contributed by atoms with Gasteiger partial charge in [-0.1, -0.05) is 35.0 Å². The maximum absolute atomic E-state index is 12.2. The number of carbonyl (C=O) groups excluding carboxylic acids is 1. The van der Waals surface area contributed by atoms with E-state index >= 15 is 0 Å². The summed E-state index contributed by atoms with van der Waals surface area (Å²) < 4.78 is 11.2. The lowest BCUT2D eigenvalue weighted by Crippen LogP contribution is -2.27. The quantitative estimate of drug-likeness (QED) is 0.658. The molecule has 3 aromatic rings. The van der Waals surface area contributed by atoms with Crippen LogP contribution in [-0.4, -0.2) is 27.6 Å². The van der Waals surface area contributed by atoms with E-state index in [1.54, 1.807) is 48.5 Å². The van der Waals surface area contributed by atoms with E-state index in [-0.39, 0.29) is 18.9 Å². The van der Waals surface area contributed by atoms with Crippen LogP contribution in [0.1, 0.15) is 0 Å². The second-order valence-corrected chi connectivity index (χ2v) is 5.24. The van der Waals surface area contributed by atoms with Crippen molar-refractivity contribution in [2.75, 3.05) is 6.61 Å². The van der Waals surface area contributed by atoms with E-state index in [0.29, 0.717) is 21.7 Å². The minimum Gasteiger partial charge on any atom is -0.482 e. The number of nitrogens with zero attached hydrogens (tertiary/aromatic N) is 3. The zero-order valence-corrected chi connectivity index (χ0v) is 13.1. The van der Waals surface area contributed by atoms with E-state index in [1.807, 2.05) is 0 Å². The molecule has 0 atom stereocenters. The fourth-order valence-corrected chi connectivity index (χ4v) is 2.16. The van der Waals surface area contributed by atoms with Crippen LogP contribution in [0, 0.1) is 0 Å². The van der Waals surface area contributed by atoms with E-state index in [9.17, 15) is 9.59 Å². The summed E-state index contributed by atoms with van der Waals surface area (Å²) in [5.41, 5.74) is 0.0959. The second-order valence-electron chi connectivity index (χ2n) is 4.80. The lowest BCUT2D eigenvalue weighted by Gasteiger charge is -2.08. The Morgan fingerprint density at radius 2 is 2.00 bits per heavy atom. The summed E-state index contributed by atoms with van der Waals surface area (Å²) in [6.07, 6.45) is 0. The molecule has 0 aliphatic carbocycles. The highest BCUT2D eigenvalue weighted by atomic mass is 35.5. The molecule has 0 fully saturated rings. The van der Waals surface area contributed by atoms with Gasteiger partial charge in [0, 0.05) is 5.02 Å². The summed E-state index contributed by atoms with van der Waals surface area (Å²) in [5, 5.41) is 8.53. The SMILES string of the molecule is O=C(COc1cccc(Cl)c1)OCn1nnc2ccccc2c1=O. The largest absolute Gasteiger partial charge is 0.482 e. The van der Waals surface area contributed by atoms with Gasteiger partial charge in [0.15, 0.2) is 13.3 Å². The zero-order chi connectivity index (χ0) is 16.9. The highest BCUT2D eigenvalue weighted by Gasteiger charge is 2.09. The summed E-state index contributed by atoms with van der Waals surface area (Å²) >= 11 is 5.82. The first-order valence-electron chi connectivity index (χ1n) is 7.00. The molecule has 0 aliphatic heterocycles. The molecule has 24 heavy (non-hydrogen) atoms. The molecule has 1 aromatic heterocycles. The van der Waals surface area contributed by atoms with E-state index in [4.69, 9.17) is 21.1 Å². The van der Waals surface area contributed by atoms with Gasteiger partial charge in [-0.2, -0.15) is 4.68 Å². The topological polar surface area (TPSA) is 83.3 Å². The van der Waals surface area contributed by atoms with Crippen molar-refractivity contribution in [3.63, 3.8) is 0 Å². The van der Waals surface area contributed by atoms with Crippen LogP contribution in [0.15, 0.2) is 53.3 Å². The molecular weight excluding hydrogens is 334 g/mol. The van der Waals surface area contributed by atoms with Crippen LogP contribution in [0.25, 0.3) is 10.9 Å². The van der Waals surface area contributed by atoms with Crippen LogP contribution in [0.5, 0.6) is 5.75 Å². The van der Waals surface area contributed by atoms with Gasteiger partial charge < -0.3 is 9.47 Å². The molecule has 0 bridgehead atoms. The van der Waals surface area contributed by atoms with Crippen molar-refractivity contribution in [1.29, 1.82) is 0 Å². The Morgan fingerprint density at radius 1 is 1.17 bits per heavy atom. The average Bonchev–Trinajstić information content (AvgIpc) is 2.60. The minimum absolute atomic E-state index is 0.309. The van der Waals surface area contributed by atoms with Gasteiger partial charge in [-0.15, -0.1) is 5.10 Å². The third-order valence-corrected chi connectivity index (χ3v) is 3.37. The number of rotatable bonds is 5. The predicted octanol–water partition coefficient (Wildman–Crippen LogP) is 2.02. The molecule has 1 heterocycles. The van der Waals surface area contributed by atoms with Crippen LogP contribution >= 0.6 is 11.6 Å². The second kappa shape index (κ2) is 7.10. The van der Waals surface area contributed by atoms with Gasteiger partial charge in [-0.25, -0.2) is 4.79 Å². The highest BCUT2D eigenvalue weighted by Crippen LogP contribution is 2.16. The molecule has 8 heteroatoms. The van der Waals surface area contributed by atoms with E-state index in [0.717, 1.165) is 4.68 Å². The first kappa shape index (κ1) is 15.9. The molecule has 122 valence electrons. The Balaban J connectivity index is 1.60. The molecule has 0 saturated heterocycles. The molecule has 0 amide bonds. The van der Waals surface area contributed by atoms with Gasteiger partial charge in [0.25, 0.3) is 5.56 Å². The number of benzene rings is 2. The summed E-state index contributed by atoms with van der Waals surface area (Å²) in [5.74, 6) is -0.195. The number of hydrogen-bond acceptors (Lipinski definition) is 6. The van der Waals surface area contributed by atoms with E-state index < -0.39 is 5.97 Å². The molecule has 0 spiro atoms. The number of aromatic nitrogens is 3. The van der Waals surface area contributed by atoms with Gasteiger partial charge in [0.05, 0.1) is 5.39 Å². The molecule has 0 unspecified atom stereocenters. The highest BCUT2D eigenvalue weighted by molar-refractivity contribution is 6.30. The summed E-state index contributed by atoms with van der Waals surface area (Å²) in [7, 11) is 0. The molecule has 0 radical (unpaired) electrons. The number of carbonyl (C=O) groups is 1. The van der Waals surface area contributed by atoms with Crippen molar-refractivity contribution in [3.8, 4) is 5.75 Å². The van der Waals surface area contributed by atoms with Crippen molar-refractivity contribution in [1.82, 2.24) is 15.0 Å². The number of halogens is 1. The summed E-state index contributed by atoms with van der Waals surface area (Å²) in [4.78, 5) is 23.9. The Bertz CT molecular complexity index is 942. The molecule has 7 nitrogen and oxygen atoms in total. The fraction of sp³-hybridized carbons (Fsp3) is 0.125. The van der Waals surface area contributed by atoms with Crippen molar-refractivity contribution in [2.24, 2.45) is 0 Å². The van der Waals surface area contributed by atoms with Crippen LogP contribution in [0.3, 0.4) is 0 Å². The molecule has 0 N–H and O–H groups in total. The first-order chi connectivity index (χ1) is 11.6. The van der Waals surface area contributed by atoms with Gasteiger partial charge >= 0.3 is 5.97 Å². The Labute approximate surface area is 141 Å². The van der Waals surface area contributed by atoms with Crippen molar-refractivity contribution in [2.45, 2.75) is 6.73 Å². The third kappa shape index (κ3) is 3.69. The normalized spacial score (nSPS) is 10.5. The van der Waals surface area contributed by atoms with Gasteiger partial charge in [0.1, 0.15) is 11.3 Å². The maximum atomic E-state index is 12.2. The molecule has 2 aromatic carbocycles. The van der Waals surface area contributed by atoms with E-state index in [2.05, 4.69) is 10.3 Å². The third-order valence-electron chi connectivity index (χ3n) is 3.13. The molecule has 0 aliphatic rings. The number of ether oxygens (including phenoxy) is 2. The number of fused-ring (bicyclic) bond motifs is 1. The van der Waals surface area contributed by atoms with E-state index in [1.165, 1.54) is 0 Å². The lowest BCUT2D eigenvalue weighted by atomic mass is 10.2. The lowest BCUT2D eigenvalue weighted by molar-refractivity contribution is -0.150. The van der Waals surface area contributed by atoms with Crippen LogP contribution < -0.4 is 10.3 Å². The standard InChI is InChI=1S/C16H12ClN3O4/c17-11-4-3-5-12(8-11)23-9-15(21)24-10-20-16(22)13-6-1-2-7-14(13)18-19-20/h1-8H,9-10H2. The van der Waals surface area contributed by atoms with Crippen LogP contribution in [0.2, 0.25) is 5.02 Å². The van der Waals surface area contributed by atoms with Gasteiger partial charge in [-0.05, 0) is 30.3 Å². The Morgan fingerprint density at radius 3 is 2.83 bits per heavy atom. The molecular formula is C16H12ClN3O4. The fourth-order valence-electron chi connectivity index (χ4n) is 1.98. The summed E-state index contributed by atoms with van der Waals surface area (Å²) in [6, 6.07) is 13.4. The number of hydrogen-bond donors (Lipinski definition) is 0. The maximum Gasteiger partial charge on any atom is 0.345 e. The first-order valence-corrected chi connectivity index (χ1v) is 7.38. The van der Waals surface area contributed by atoms with Gasteiger partial charge in [-0.3, -0.25) is 4.79 Å². The summed E-state index contributed by atoms with van der Waals surface area (Å²) in [6.45, 7) is -0.648. The molecule has 3 rings (SSSR count). The monoisotopic (exact) mass is 345 g/mol.